The summed E-state index contributed by atoms with van der Waals surface area (Å²) in [6, 6.07) is 0. The lowest BCUT2D eigenvalue weighted by Crippen LogP contribution is -2.51. The third-order valence-electron chi connectivity index (χ3n) is 6.04. The topological polar surface area (TPSA) is 61.7 Å². The van der Waals surface area contributed by atoms with E-state index in [0.717, 1.165) is 56.8 Å². The van der Waals surface area contributed by atoms with Crippen molar-refractivity contribution in [2.75, 3.05) is 45.8 Å². The van der Waals surface area contributed by atoms with Crippen LogP contribution in [0.25, 0.3) is 6.08 Å². The first kappa shape index (κ1) is 23.8. The number of nitrogens with zero attached hydrogens (tertiary/aromatic N) is 5. The molecule has 2 fully saturated rings. The Morgan fingerprint density at radius 3 is 2.26 bits per heavy atom. The fourth-order valence-electron chi connectivity index (χ4n) is 4.22. The number of likely N-dealkylation sites (tertiary alicyclic amines) is 1. The molecule has 0 aliphatic carbocycles. The Morgan fingerprint density at radius 2 is 1.65 bits per heavy atom. The Hall–Kier alpha value is -1.86. The summed E-state index contributed by atoms with van der Waals surface area (Å²) in [6.07, 6.45) is 8.04. The first-order valence-corrected chi connectivity index (χ1v) is 11.9. The van der Waals surface area contributed by atoms with Crippen LogP contribution in [-0.4, -0.2) is 82.1 Å². The van der Waals surface area contributed by atoms with Crippen molar-refractivity contribution < 1.29 is 9.59 Å². The van der Waals surface area contributed by atoms with Gasteiger partial charge in [0.1, 0.15) is 5.15 Å². The monoisotopic (exact) mass is 449 g/mol. The fourth-order valence-corrected chi connectivity index (χ4v) is 4.53. The minimum absolute atomic E-state index is 0.0226. The van der Waals surface area contributed by atoms with Gasteiger partial charge in [-0.1, -0.05) is 38.3 Å². The van der Waals surface area contributed by atoms with Crippen LogP contribution in [0.4, 0.5) is 0 Å². The van der Waals surface area contributed by atoms with Crippen molar-refractivity contribution >= 4 is 29.5 Å². The summed E-state index contributed by atoms with van der Waals surface area (Å²) in [5.41, 5.74) is 1.63. The van der Waals surface area contributed by atoms with Gasteiger partial charge in [-0.05, 0) is 31.8 Å². The molecule has 1 aromatic heterocycles. The van der Waals surface area contributed by atoms with Gasteiger partial charge in [-0.3, -0.25) is 19.2 Å². The molecular weight excluding hydrogens is 414 g/mol. The second-order valence-corrected chi connectivity index (χ2v) is 9.45. The summed E-state index contributed by atoms with van der Waals surface area (Å²) in [5.74, 6) is 0.647. The van der Waals surface area contributed by atoms with Crippen LogP contribution in [0, 0.1) is 12.8 Å². The van der Waals surface area contributed by atoms with E-state index in [1.165, 1.54) is 12.8 Å². The molecule has 3 rings (SSSR count). The maximum absolute atomic E-state index is 12.7. The SMILES string of the molecule is Cc1nn(CC(C)C)c(Cl)c1/C=C/C(=O)N1CCN(CC(=O)N2CCCCCC2)CC1. The van der Waals surface area contributed by atoms with Crippen molar-refractivity contribution in [3.05, 3.63) is 22.5 Å². The molecule has 0 N–H and O–H groups in total. The molecule has 0 bridgehead atoms. The van der Waals surface area contributed by atoms with Gasteiger partial charge in [0.05, 0.1) is 12.2 Å². The lowest BCUT2D eigenvalue weighted by atomic mass is 10.2. The molecule has 0 spiro atoms. The average molecular weight is 450 g/mol. The highest BCUT2D eigenvalue weighted by Crippen LogP contribution is 2.22. The van der Waals surface area contributed by atoms with Crippen LogP contribution < -0.4 is 0 Å². The molecule has 0 radical (unpaired) electrons. The molecular formula is C23H36ClN5O2. The Labute approximate surface area is 191 Å². The van der Waals surface area contributed by atoms with Gasteiger partial charge in [-0.2, -0.15) is 5.10 Å². The van der Waals surface area contributed by atoms with Gasteiger partial charge in [0.2, 0.25) is 11.8 Å². The summed E-state index contributed by atoms with van der Waals surface area (Å²) in [7, 11) is 0. The number of halogens is 1. The average Bonchev–Trinajstić information content (AvgIpc) is 2.93. The predicted octanol–water partition coefficient (Wildman–Crippen LogP) is 3.06. The highest BCUT2D eigenvalue weighted by Gasteiger charge is 2.24. The molecule has 0 aromatic carbocycles. The number of hydrogen-bond donors (Lipinski definition) is 0. The minimum Gasteiger partial charge on any atom is -0.342 e. The maximum Gasteiger partial charge on any atom is 0.246 e. The van der Waals surface area contributed by atoms with E-state index < -0.39 is 0 Å². The Morgan fingerprint density at radius 1 is 1.00 bits per heavy atom. The molecule has 2 aliphatic heterocycles. The van der Waals surface area contributed by atoms with Crippen LogP contribution in [0.3, 0.4) is 0 Å². The predicted molar refractivity (Wildman–Crippen MR) is 124 cm³/mol. The largest absolute Gasteiger partial charge is 0.342 e. The number of aromatic nitrogens is 2. The van der Waals surface area contributed by atoms with Crippen LogP contribution >= 0.6 is 11.6 Å². The zero-order valence-electron chi connectivity index (χ0n) is 19.1. The van der Waals surface area contributed by atoms with Crippen LogP contribution in [-0.2, 0) is 16.1 Å². The molecule has 2 amide bonds. The Bertz CT molecular complexity index is 788. The van der Waals surface area contributed by atoms with E-state index in [1.54, 1.807) is 16.8 Å². The number of amides is 2. The van der Waals surface area contributed by atoms with Gasteiger partial charge < -0.3 is 9.80 Å². The number of carbonyl (C=O) groups excluding carboxylic acids is 2. The van der Waals surface area contributed by atoms with Crippen LogP contribution in [0.2, 0.25) is 5.15 Å². The van der Waals surface area contributed by atoms with Gasteiger partial charge in [-0.15, -0.1) is 0 Å². The van der Waals surface area contributed by atoms with Gasteiger partial charge in [0.25, 0.3) is 0 Å². The second kappa shape index (κ2) is 11.1. The summed E-state index contributed by atoms with van der Waals surface area (Å²) in [6.45, 7) is 11.9. The molecule has 1 aromatic rings. The minimum atomic E-state index is -0.0226. The Kier molecular flexibility index (Phi) is 8.55. The molecule has 3 heterocycles. The summed E-state index contributed by atoms with van der Waals surface area (Å²) in [5, 5.41) is 5.06. The fraction of sp³-hybridized carbons (Fsp3) is 0.696. The third kappa shape index (κ3) is 6.56. The van der Waals surface area contributed by atoms with Crippen molar-refractivity contribution in [3.63, 3.8) is 0 Å². The number of rotatable bonds is 6. The summed E-state index contributed by atoms with van der Waals surface area (Å²) >= 11 is 6.47. The van der Waals surface area contributed by atoms with E-state index >= 15 is 0 Å². The molecule has 2 aliphatic rings. The van der Waals surface area contributed by atoms with Gasteiger partial charge in [0.15, 0.2) is 0 Å². The molecule has 0 atom stereocenters. The molecule has 7 nitrogen and oxygen atoms in total. The number of aryl methyl sites for hydroxylation is 1. The van der Waals surface area contributed by atoms with Crippen LogP contribution in [0.1, 0.15) is 50.8 Å². The first-order valence-electron chi connectivity index (χ1n) is 11.5. The normalized spacial score (nSPS) is 18.7. The van der Waals surface area contributed by atoms with Crippen molar-refractivity contribution in [2.24, 2.45) is 5.92 Å². The smallest absolute Gasteiger partial charge is 0.246 e. The number of piperazine rings is 1. The van der Waals surface area contributed by atoms with E-state index in [-0.39, 0.29) is 11.8 Å². The maximum atomic E-state index is 12.7. The van der Waals surface area contributed by atoms with Gasteiger partial charge in [-0.25, -0.2) is 0 Å². The third-order valence-corrected chi connectivity index (χ3v) is 6.44. The van der Waals surface area contributed by atoms with E-state index in [4.69, 9.17) is 11.6 Å². The molecule has 172 valence electrons. The molecule has 31 heavy (non-hydrogen) atoms. The van der Waals surface area contributed by atoms with Crippen molar-refractivity contribution in [3.8, 4) is 0 Å². The quantitative estimate of drug-likeness (QED) is 0.626. The highest BCUT2D eigenvalue weighted by molar-refractivity contribution is 6.31. The zero-order valence-corrected chi connectivity index (χ0v) is 19.9. The number of carbonyl (C=O) groups is 2. The molecule has 8 heteroatoms. The number of hydrogen-bond acceptors (Lipinski definition) is 4. The standard InChI is InChI=1S/C23H36ClN5O2/c1-18(2)16-29-23(24)20(19(3)25-29)8-9-21(30)28-14-12-26(13-15-28)17-22(31)27-10-6-4-5-7-11-27/h8-9,18H,4-7,10-17H2,1-3H3/b9-8+. The Balaban J connectivity index is 1.49. The second-order valence-electron chi connectivity index (χ2n) is 9.10. The van der Waals surface area contributed by atoms with Gasteiger partial charge >= 0.3 is 0 Å². The van der Waals surface area contributed by atoms with Crippen molar-refractivity contribution in [1.29, 1.82) is 0 Å². The lowest BCUT2D eigenvalue weighted by molar-refractivity contribution is -0.133. The summed E-state index contributed by atoms with van der Waals surface area (Å²) in [4.78, 5) is 31.3. The van der Waals surface area contributed by atoms with E-state index in [1.807, 2.05) is 16.7 Å². The first-order chi connectivity index (χ1) is 14.8. The van der Waals surface area contributed by atoms with E-state index in [0.29, 0.717) is 30.7 Å². The molecule has 0 unspecified atom stereocenters. The summed E-state index contributed by atoms with van der Waals surface area (Å²) < 4.78 is 1.80. The molecule has 0 saturated carbocycles. The zero-order chi connectivity index (χ0) is 22.4. The van der Waals surface area contributed by atoms with E-state index in [9.17, 15) is 9.59 Å². The molecule has 2 saturated heterocycles. The lowest BCUT2D eigenvalue weighted by Gasteiger charge is -2.34. The van der Waals surface area contributed by atoms with Gasteiger partial charge in [0, 0.05) is 57.5 Å². The van der Waals surface area contributed by atoms with Crippen LogP contribution in [0.15, 0.2) is 6.08 Å². The van der Waals surface area contributed by atoms with E-state index in [2.05, 4.69) is 23.8 Å². The highest BCUT2D eigenvalue weighted by atomic mass is 35.5. The van der Waals surface area contributed by atoms with Crippen LogP contribution in [0.5, 0.6) is 0 Å². The van der Waals surface area contributed by atoms with Crippen molar-refractivity contribution in [2.45, 2.75) is 53.0 Å². The van der Waals surface area contributed by atoms with Crippen molar-refractivity contribution in [1.82, 2.24) is 24.5 Å².